The first-order valence-corrected chi connectivity index (χ1v) is 7.33. The largest absolute Gasteiger partial charge is 0.339 e. The Labute approximate surface area is 127 Å². The normalized spacial score (nSPS) is 17.0. The highest BCUT2D eigenvalue weighted by Crippen LogP contribution is 2.25. The molecule has 0 N–H and O–H groups in total. The van der Waals surface area contributed by atoms with E-state index < -0.39 is 0 Å². The van der Waals surface area contributed by atoms with E-state index in [1.807, 2.05) is 22.6 Å². The van der Waals surface area contributed by atoms with Crippen LogP contribution in [-0.4, -0.2) is 57.7 Å². The van der Waals surface area contributed by atoms with E-state index in [0.29, 0.717) is 5.02 Å². The molecule has 0 atom stereocenters. The first-order chi connectivity index (χ1) is 10.2. The van der Waals surface area contributed by atoms with Crippen LogP contribution in [0.2, 0.25) is 5.02 Å². The molecule has 0 saturated carbocycles. The number of likely N-dealkylation sites (N-methyl/N-ethyl adjacent to an activating group) is 1. The summed E-state index contributed by atoms with van der Waals surface area (Å²) in [5.74, 6) is 0.901. The van der Waals surface area contributed by atoms with E-state index in [0.717, 1.165) is 48.7 Å². The van der Waals surface area contributed by atoms with Crippen molar-refractivity contribution in [1.29, 1.82) is 0 Å². The van der Waals surface area contributed by atoms with Crippen LogP contribution >= 0.6 is 11.6 Å². The van der Waals surface area contributed by atoms with E-state index in [2.05, 4.69) is 27.0 Å². The standard InChI is InChI=1S/C14H15ClN6/c1-19-4-6-20(7-5-19)14-17-12-3-2-10(15)8-11(12)13-18-16-9-21(13)14/h2-3,8-9H,4-7H2,1H3. The minimum absolute atomic E-state index is 0.682. The van der Waals surface area contributed by atoms with Gasteiger partial charge in [-0.2, -0.15) is 0 Å². The number of piperazine rings is 1. The second kappa shape index (κ2) is 4.82. The van der Waals surface area contributed by atoms with Crippen LogP contribution in [-0.2, 0) is 0 Å². The molecule has 6 nitrogen and oxygen atoms in total. The summed E-state index contributed by atoms with van der Waals surface area (Å²) in [5, 5.41) is 9.89. The summed E-state index contributed by atoms with van der Waals surface area (Å²) in [5.41, 5.74) is 1.70. The molecule has 0 radical (unpaired) electrons. The Hall–Kier alpha value is -1.92. The van der Waals surface area contributed by atoms with Crippen LogP contribution in [0.15, 0.2) is 24.5 Å². The zero-order chi connectivity index (χ0) is 14.4. The van der Waals surface area contributed by atoms with Gasteiger partial charge >= 0.3 is 0 Å². The van der Waals surface area contributed by atoms with Crippen LogP contribution in [0.5, 0.6) is 0 Å². The molecular weight excluding hydrogens is 288 g/mol. The van der Waals surface area contributed by atoms with Gasteiger partial charge in [0.2, 0.25) is 5.95 Å². The number of rotatable bonds is 1. The first-order valence-electron chi connectivity index (χ1n) is 6.95. The molecule has 7 heteroatoms. The zero-order valence-corrected chi connectivity index (χ0v) is 12.5. The van der Waals surface area contributed by atoms with Crippen molar-refractivity contribution in [3.63, 3.8) is 0 Å². The molecule has 1 saturated heterocycles. The Morgan fingerprint density at radius 3 is 2.76 bits per heavy atom. The third-order valence-corrected chi connectivity index (χ3v) is 4.20. The number of benzene rings is 1. The fourth-order valence-electron chi connectivity index (χ4n) is 2.74. The number of aromatic nitrogens is 4. The van der Waals surface area contributed by atoms with Crippen LogP contribution in [0.3, 0.4) is 0 Å². The maximum atomic E-state index is 6.09. The van der Waals surface area contributed by atoms with E-state index in [1.165, 1.54) is 0 Å². The van der Waals surface area contributed by atoms with Crippen LogP contribution < -0.4 is 4.90 Å². The number of hydrogen-bond acceptors (Lipinski definition) is 5. The van der Waals surface area contributed by atoms with Crippen molar-refractivity contribution in [3.05, 3.63) is 29.5 Å². The molecule has 1 fully saturated rings. The van der Waals surface area contributed by atoms with Crippen molar-refractivity contribution in [2.45, 2.75) is 0 Å². The van der Waals surface area contributed by atoms with Gasteiger partial charge in [-0.15, -0.1) is 10.2 Å². The smallest absolute Gasteiger partial charge is 0.213 e. The molecule has 1 aromatic carbocycles. The molecule has 1 aliphatic heterocycles. The Kier molecular flexibility index (Phi) is 2.94. The SMILES string of the molecule is CN1CCN(c2nc3ccc(Cl)cc3c3nncn23)CC1. The van der Waals surface area contributed by atoms with Gasteiger partial charge in [0.05, 0.1) is 5.52 Å². The van der Waals surface area contributed by atoms with Gasteiger partial charge < -0.3 is 9.80 Å². The van der Waals surface area contributed by atoms with E-state index in [-0.39, 0.29) is 0 Å². The predicted molar refractivity (Wildman–Crippen MR) is 83.0 cm³/mol. The lowest BCUT2D eigenvalue weighted by Gasteiger charge is -2.33. The lowest BCUT2D eigenvalue weighted by atomic mass is 10.2. The number of hydrogen-bond donors (Lipinski definition) is 0. The van der Waals surface area contributed by atoms with Crippen LogP contribution in [0.1, 0.15) is 0 Å². The van der Waals surface area contributed by atoms with Gasteiger partial charge in [-0.05, 0) is 25.2 Å². The van der Waals surface area contributed by atoms with E-state index >= 15 is 0 Å². The van der Waals surface area contributed by atoms with E-state index in [4.69, 9.17) is 16.6 Å². The molecule has 0 amide bonds. The second-order valence-corrected chi connectivity index (χ2v) is 5.82. The Morgan fingerprint density at radius 1 is 1.14 bits per heavy atom. The number of halogens is 1. The second-order valence-electron chi connectivity index (χ2n) is 5.39. The summed E-state index contributed by atoms with van der Waals surface area (Å²) in [4.78, 5) is 9.40. The molecule has 3 heterocycles. The van der Waals surface area contributed by atoms with Crippen LogP contribution in [0, 0.1) is 0 Å². The summed E-state index contributed by atoms with van der Waals surface area (Å²) in [6.45, 7) is 3.97. The molecule has 0 bridgehead atoms. The molecule has 4 rings (SSSR count). The zero-order valence-electron chi connectivity index (χ0n) is 11.7. The van der Waals surface area contributed by atoms with Gasteiger partial charge in [0.1, 0.15) is 6.33 Å². The maximum Gasteiger partial charge on any atom is 0.213 e. The highest BCUT2D eigenvalue weighted by Gasteiger charge is 2.19. The summed E-state index contributed by atoms with van der Waals surface area (Å²) in [6, 6.07) is 5.69. The van der Waals surface area contributed by atoms with Gasteiger partial charge in [-0.1, -0.05) is 11.6 Å². The minimum atomic E-state index is 0.682. The first kappa shape index (κ1) is 12.8. The van der Waals surface area contributed by atoms with Crippen molar-refractivity contribution in [1.82, 2.24) is 24.5 Å². The van der Waals surface area contributed by atoms with E-state index in [1.54, 1.807) is 6.33 Å². The van der Waals surface area contributed by atoms with Crippen molar-refractivity contribution in [2.24, 2.45) is 0 Å². The minimum Gasteiger partial charge on any atom is -0.339 e. The molecule has 3 aromatic rings. The summed E-state index contributed by atoms with van der Waals surface area (Å²) < 4.78 is 1.95. The lowest BCUT2D eigenvalue weighted by Crippen LogP contribution is -2.45. The molecule has 0 spiro atoms. The molecule has 108 valence electrons. The number of anilines is 1. The fraction of sp³-hybridized carbons (Fsp3) is 0.357. The molecule has 2 aromatic heterocycles. The molecule has 0 aliphatic carbocycles. The van der Waals surface area contributed by atoms with Crippen molar-refractivity contribution in [3.8, 4) is 0 Å². The number of nitrogens with zero attached hydrogens (tertiary/aromatic N) is 6. The average molecular weight is 303 g/mol. The average Bonchev–Trinajstić information content (AvgIpc) is 2.97. The third kappa shape index (κ3) is 2.11. The number of fused-ring (bicyclic) bond motifs is 3. The Morgan fingerprint density at radius 2 is 1.95 bits per heavy atom. The molecule has 0 unspecified atom stereocenters. The fourth-order valence-corrected chi connectivity index (χ4v) is 2.91. The topological polar surface area (TPSA) is 49.6 Å². The van der Waals surface area contributed by atoms with Gasteiger partial charge in [0, 0.05) is 36.6 Å². The molecule has 21 heavy (non-hydrogen) atoms. The summed E-state index contributed by atoms with van der Waals surface area (Å²) >= 11 is 6.09. The van der Waals surface area contributed by atoms with Gasteiger partial charge in [-0.25, -0.2) is 4.98 Å². The highest BCUT2D eigenvalue weighted by atomic mass is 35.5. The maximum absolute atomic E-state index is 6.09. The van der Waals surface area contributed by atoms with Gasteiger partial charge in [0.15, 0.2) is 5.65 Å². The van der Waals surface area contributed by atoms with Crippen molar-refractivity contribution in [2.75, 3.05) is 38.1 Å². The third-order valence-electron chi connectivity index (χ3n) is 3.97. The molecule has 1 aliphatic rings. The monoisotopic (exact) mass is 302 g/mol. The van der Waals surface area contributed by atoms with Crippen LogP contribution in [0.4, 0.5) is 5.95 Å². The highest BCUT2D eigenvalue weighted by molar-refractivity contribution is 6.31. The Balaban J connectivity index is 1.91. The van der Waals surface area contributed by atoms with Crippen LogP contribution in [0.25, 0.3) is 16.6 Å². The predicted octanol–water partition coefficient (Wildman–Crippen LogP) is 1.68. The lowest BCUT2D eigenvalue weighted by molar-refractivity contribution is 0.311. The quantitative estimate of drug-likeness (QED) is 0.684. The summed E-state index contributed by atoms with van der Waals surface area (Å²) in [7, 11) is 2.14. The summed E-state index contributed by atoms with van der Waals surface area (Å²) in [6.07, 6.45) is 1.72. The van der Waals surface area contributed by atoms with Crippen molar-refractivity contribution >= 4 is 34.1 Å². The van der Waals surface area contributed by atoms with Gasteiger partial charge in [-0.3, -0.25) is 4.40 Å². The van der Waals surface area contributed by atoms with E-state index in [9.17, 15) is 0 Å². The Bertz CT molecular complexity index is 806. The van der Waals surface area contributed by atoms with Crippen molar-refractivity contribution < 1.29 is 0 Å². The molecular formula is C14H15ClN6. The van der Waals surface area contributed by atoms with Gasteiger partial charge in [0.25, 0.3) is 0 Å².